The summed E-state index contributed by atoms with van der Waals surface area (Å²) in [7, 11) is 3.13. The van der Waals surface area contributed by atoms with Crippen LogP contribution in [0, 0.1) is 0 Å². The lowest BCUT2D eigenvalue weighted by atomic mass is 10.1. The number of amides is 1. The Balaban J connectivity index is 1.75. The zero-order valence-corrected chi connectivity index (χ0v) is 15.0. The Morgan fingerprint density at radius 2 is 1.93 bits per heavy atom. The molecule has 0 spiro atoms. The number of pyridine rings is 1. The fourth-order valence-corrected chi connectivity index (χ4v) is 2.28. The first kappa shape index (κ1) is 18.3. The maximum absolute atomic E-state index is 12.7. The maximum Gasteiger partial charge on any atom is 0.259 e. The first-order chi connectivity index (χ1) is 13.2. The van der Waals surface area contributed by atoms with Gasteiger partial charge in [0.05, 0.1) is 43.6 Å². The third-order valence-electron chi connectivity index (χ3n) is 3.61. The van der Waals surface area contributed by atoms with Crippen molar-refractivity contribution in [3.63, 3.8) is 0 Å². The van der Waals surface area contributed by atoms with Crippen LogP contribution in [0.15, 0.2) is 48.9 Å². The molecule has 0 aliphatic carbocycles. The van der Waals surface area contributed by atoms with Gasteiger partial charge in [0.25, 0.3) is 5.91 Å². The van der Waals surface area contributed by atoms with Crippen molar-refractivity contribution in [2.75, 3.05) is 32.8 Å². The molecule has 1 N–H and O–H groups in total. The predicted octanol–water partition coefficient (Wildman–Crippen LogP) is 1.95. The van der Waals surface area contributed by atoms with E-state index in [2.05, 4.69) is 20.5 Å². The van der Waals surface area contributed by atoms with Crippen molar-refractivity contribution < 1.29 is 19.0 Å². The molecule has 9 nitrogen and oxygen atoms in total. The standard InChI is InChI=1S/C18H19N5O4/c1-25-9-10-27-16-11-14(26-2)4-5-15(16)18(24)22-13-3-6-17(19-12-13)23-20-7-8-21-23/h3-8,11-12H,9-10H2,1-2H3,(H,22,24). The molecule has 0 atom stereocenters. The smallest absolute Gasteiger partial charge is 0.259 e. The average molecular weight is 369 g/mol. The highest BCUT2D eigenvalue weighted by Gasteiger charge is 2.15. The second-order valence-corrected chi connectivity index (χ2v) is 5.38. The number of nitrogens with one attached hydrogen (secondary N) is 1. The van der Waals surface area contributed by atoms with Crippen molar-refractivity contribution in [2.45, 2.75) is 0 Å². The Kier molecular flexibility index (Phi) is 5.95. The van der Waals surface area contributed by atoms with E-state index < -0.39 is 0 Å². The van der Waals surface area contributed by atoms with Gasteiger partial charge in [-0.3, -0.25) is 4.79 Å². The van der Waals surface area contributed by atoms with Crippen LogP contribution >= 0.6 is 0 Å². The molecular weight excluding hydrogens is 350 g/mol. The molecule has 140 valence electrons. The molecule has 9 heteroatoms. The van der Waals surface area contributed by atoms with Gasteiger partial charge in [0, 0.05) is 13.2 Å². The number of rotatable bonds is 8. The van der Waals surface area contributed by atoms with E-state index in [9.17, 15) is 4.79 Å². The number of hydrogen-bond donors (Lipinski definition) is 1. The number of nitrogens with zero attached hydrogens (tertiary/aromatic N) is 4. The van der Waals surface area contributed by atoms with E-state index in [1.54, 1.807) is 56.9 Å². The molecule has 0 aliphatic rings. The van der Waals surface area contributed by atoms with Crippen molar-refractivity contribution in [2.24, 2.45) is 0 Å². The van der Waals surface area contributed by atoms with E-state index in [1.807, 2.05) is 0 Å². The molecular formula is C18H19N5O4. The van der Waals surface area contributed by atoms with Crippen LogP contribution in [0.25, 0.3) is 5.82 Å². The van der Waals surface area contributed by atoms with Gasteiger partial charge < -0.3 is 19.5 Å². The van der Waals surface area contributed by atoms with Crippen LogP contribution in [0.2, 0.25) is 0 Å². The highest BCUT2D eigenvalue weighted by Crippen LogP contribution is 2.26. The molecule has 0 saturated carbocycles. The van der Waals surface area contributed by atoms with Gasteiger partial charge in [-0.05, 0) is 24.3 Å². The second-order valence-electron chi connectivity index (χ2n) is 5.38. The van der Waals surface area contributed by atoms with Crippen LogP contribution < -0.4 is 14.8 Å². The van der Waals surface area contributed by atoms with Gasteiger partial charge in [-0.1, -0.05) is 0 Å². The van der Waals surface area contributed by atoms with Crippen LogP contribution in [-0.2, 0) is 4.74 Å². The van der Waals surface area contributed by atoms with Crippen molar-refractivity contribution in [1.82, 2.24) is 20.0 Å². The molecule has 1 amide bonds. The Hall–Kier alpha value is -3.46. The minimum Gasteiger partial charge on any atom is -0.497 e. The Labute approximate surface area is 155 Å². The summed E-state index contributed by atoms with van der Waals surface area (Å²) >= 11 is 0. The van der Waals surface area contributed by atoms with E-state index in [-0.39, 0.29) is 5.91 Å². The normalized spacial score (nSPS) is 10.4. The highest BCUT2D eigenvalue weighted by molar-refractivity contribution is 6.06. The molecule has 0 radical (unpaired) electrons. The molecule has 0 unspecified atom stereocenters. The third-order valence-corrected chi connectivity index (χ3v) is 3.61. The Morgan fingerprint density at radius 1 is 1.11 bits per heavy atom. The maximum atomic E-state index is 12.7. The number of methoxy groups -OCH3 is 2. The lowest BCUT2D eigenvalue weighted by molar-refractivity contribution is 0.101. The molecule has 1 aromatic carbocycles. The summed E-state index contributed by atoms with van der Waals surface area (Å²) in [5.74, 6) is 1.23. The summed E-state index contributed by atoms with van der Waals surface area (Å²) in [5, 5.41) is 10.8. The summed E-state index contributed by atoms with van der Waals surface area (Å²) < 4.78 is 15.8. The van der Waals surface area contributed by atoms with Gasteiger partial charge >= 0.3 is 0 Å². The van der Waals surface area contributed by atoms with Crippen molar-refractivity contribution in [1.29, 1.82) is 0 Å². The summed E-state index contributed by atoms with van der Waals surface area (Å²) in [6.07, 6.45) is 4.66. The van der Waals surface area contributed by atoms with Crippen LogP contribution in [0.3, 0.4) is 0 Å². The molecule has 3 aromatic rings. The lowest BCUT2D eigenvalue weighted by Crippen LogP contribution is -2.15. The first-order valence-electron chi connectivity index (χ1n) is 8.15. The zero-order chi connectivity index (χ0) is 19.1. The van der Waals surface area contributed by atoms with Gasteiger partial charge in [-0.2, -0.15) is 10.2 Å². The lowest BCUT2D eigenvalue weighted by Gasteiger charge is -2.13. The SMILES string of the molecule is COCCOc1cc(OC)ccc1C(=O)Nc1ccc(-n2nccn2)nc1. The topological polar surface area (TPSA) is 100 Å². The number of carbonyl (C=O) groups excluding carboxylic acids is 1. The quantitative estimate of drug-likeness (QED) is 0.606. The van der Waals surface area contributed by atoms with E-state index in [4.69, 9.17) is 14.2 Å². The molecule has 0 saturated heterocycles. The average Bonchev–Trinajstić information content (AvgIpc) is 3.23. The largest absolute Gasteiger partial charge is 0.497 e. The number of benzene rings is 1. The summed E-state index contributed by atoms with van der Waals surface area (Å²) in [6.45, 7) is 0.724. The molecule has 2 aromatic heterocycles. The molecule has 3 rings (SSSR count). The minimum atomic E-state index is -0.322. The van der Waals surface area contributed by atoms with E-state index in [0.29, 0.717) is 41.8 Å². The van der Waals surface area contributed by atoms with Gasteiger partial charge in [0.1, 0.15) is 18.1 Å². The van der Waals surface area contributed by atoms with Crippen molar-refractivity contribution in [3.05, 3.63) is 54.5 Å². The highest BCUT2D eigenvalue weighted by atomic mass is 16.5. The van der Waals surface area contributed by atoms with Crippen molar-refractivity contribution in [3.8, 4) is 17.3 Å². The van der Waals surface area contributed by atoms with Gasteiger partial charge in [0.2, 0.25) is 0 Å². The van der Waals surface area contributed by atoms with Crippen LogP contribution in [0.1, 0.15) is 10.4 Å². The first-order valence-corrected chi connectivity index (χ1v) is 8.15. The zero-order valence-electron chi connectivity index (χ0n) is 15.0. The number of hydrogen-bond acceptors (Lipinski definition) is 7. The van der Waals surface area contributed by atoms with E-state index in [0.717, 1.165) is 0 Å². The van der Waals surface area contributed by atoms with E-state index >= 15 is 0 Å². The summed E-state index contributed by atoms with van der Waals surface area (Å²) in [4.78, 5) is 18.3. The molecule has 0 aliphatic heterocycles. The fraction of sp³-hybridized carbons (Fsp3) is 0.222. The second kappa shape index (κ2) is 8.77. The van der Waals surface area contributed by atoms with Crippen LogP contribution in [0.4, 0.5) is 5.69 Å². The van der Waals surface area contributed by atoms with Crippen molar-refractivity contribution >= 4 is 11.6 Å². The molecule has 27 heavy (non-hydrogen) atoms. The molecule has 0 fully saturated rings. The minimum absolute atomic E-state index is 0.317. The third kappa shape index (κ3) is 4.59. The van der Waals surface area contributed by atoms with Crippen LogP contribution in [0.5, 0.6) is 11.5 Å². The Morgan fingerprint density at radius 3 is 2.59 bits per heavy atom. The number of anilines is 1. The monoisotopic (exact) mass is 369 g/mol. The van der Waals surface area contributed by atoms with Gasteiger partial charge in [-0.25, -0.2) is 4.98 Å². The number of carbonyl (C=O) groups is 1. The fourth-order valence-electron chi connectivity index (χ4n) is 2.28. The van der Waals surface area contributed by atoms with E-state index in [1.165, 1.54) is 11.0 Å². The number of aromatic nitrogens is 4. The Bertz CT molecular complexity index is 881. The van der Waals surface area contributed by atoms with Gasteiger partial charge in [0.15, 0.2) is 5.82 Å². The molecule has 0 bridgehead atoms. The van der Waals surface area contributed by atoms with Gasteiger partial charge in [-0.15, -0.1) is 4.80 Å². The van der Waals surface area contributed by atoms with Crippen LogP contribution in [-0.4, -0.2) is 53.3 Å². The predicted molar refractivity (Wildman–Crippen MR) is 97.5 cm³/mol. The number of ether oxygens (including phenoxy) is 3. The summed E-state index contributed by atoms with van der Waals surface area (Å²) in [5.41, 5.74) is 0.916. The summed E-state index contributed by atoms with van der Waals surface area (Å²) in [6, 6.07) is 8.43. The molecule has 2 heterocycles.